The number of nitrogens with two attached hydrogens (primary N) is 1. The van der Waals surface area contributed by atoms with Crippen LogP contribution in [0.4, 0.5) is 0 Å². The topological polar surface area (TPSA) is 35.2 Å². The molecule has 2 aromatic carbocycles. The summed E-state index contributed by atoms with van der Waals surface area (Å²) < 4.78 is 5.27. The second kappa shape index (κ2) is 5.68. The van der Waals surface area contributed by atoms with Crippen LogP contribution >= 0.6 is 0 Å². The van der Waals surface area contributed by atoms with E-state index >= 15 is 0 Å². The second-order valence-electron chi connectivity index (χ2n) is 5.66. The van der Waals surface area contributed by atoms with Crippen molar-refractivity contribution >= 4 is 0 Å². The SMILES string of the molecule is COc1cccc(CC(N)C2Cc3ccccc3C2)c1. The Morgan fingerprint density at radius 1 is 1.10 bits per heavy atom. The molecule has 20 heavy (non-hydrogen) atoms. The first-order valence-electron chi connectivity index (χ1n) is 7.21. The fourth-order valence-corrected chi connectivity index (χ4v) is 3.13. The summed E-state index contributed by atoms with van der Waals surface area (Å²) in [5, 5.41) is 0. The lowest BCUT2D eigenvalue weighted by molar-refractivity contribution is 0.412. The van der Waals surface area contributed by atoms with E-state index in [0.717, 1.165) is 25.0 Å². The average Bonchev–Trinajstić information content (AvgIpc) is 2.91. The van der Waals surface area contributed by atoms with Crippen LogP contribution in [0.15, 0.2) is 48.5 Å². The van der Waals surface area contributed by atoms with Gasteiger partial charge in [-0.25, -0.2) is 0 Å². The lowest BCUT2D eigenvalue weighted by Crippen LogP contribution is -2.32. The number of methoxy groups -OCH3 is 1. The van der Waals surface area contributed by atoms with Crippen molar-refractivity contribution in [3.63, 3.8) is 0 Å². The zero-order valence-corrected chi connectivity index (χ0v) is 11.9. The maximum absolute atomic E-state index is 6.44. The molecule has 1 unspecified atom stereocenters. The monoisotopic (exact) mass is 267 g/mol. The van der Waals surface area contributed by atoms with Crippen LogP contribution in [-0.4, -0.2) is 13.2 Å². The number of hydrogen-bond donors (Lipinski definition) is 1. The molecule has 0 bridgehead atoms. The minimum Gasteiger partial charge on any atom is -0.497 e. The molecule has 1 aliphatic rings. The third-order valence-corrected chi connectivity index (χ3v) is 4.29. The summed E-state index contributed by atoms with van der Waals surface area (Å²) in [4.78, 5) is 0. The first-order chi connectivity index (χ1) is 9.76. The highest BCUT2D eigenvalue weighted by Crippen LogP contribution is 2.29. The van der Waals surface area contributed by atoms with Gasteiger partial charge in [0, 0.05) is 6.04 Å². The lowest BCUT2D eigenvalue weighted by Gasteiger charge is -2.19. The maximum Gasteiger partial charge on any atom is 0.119 e. The molecule has 0 aliphatic heterocycles. The largest absolute Gasteiger partial charge is 0.497 e. The van der Waals surface area contributed by atoms with Gasteiger partial charge in [-0.15, -0.1) is 0 Å². The molecule has 1 atom stereocenters. The van der Waals surface area contributed by atoms with Gasteiger partial charge >= 0.3 is 0 Å². The minimum absolute atomic E-state index is 0.203. The predicted octanol–water partition coefficient (Wildman–Crippen LogP) is 2.98. The quantitative estimate of drug-likeness (QED) is 0.924. The summed E-state index contributed by atoms with van der Waals surface area (Å²) in [7, 11) is 1.70. The molecule has 2 N–H and O–H groups in total. The number of hydrogen-bond acceptors (Lipinski definition) is 2. The molecule has 0 saturated carbocycles. The van der Waals surface area contributed by atoms with Crippen LogP contribution in [0.25, 0.3) is 0 Å². The van der Waals surface area contributed by atoms with Crippen LogP contribution in [-0.2, 0) is 19.3 Å². The van der Waals surface area contributed by atoms with Crippen molar-refractivity contribution < 1.29 is 4.74 Å². The molecule has 3 rings (SSSR count). The van der Waals surface area contributed by atoms with Crippen LogP contribution in [0.5, 0.6) is 5.75 Å². The highest BCUT2D eigenvalue weighted by atomic mass is 16.5. The predicted molar refractivity (Wildman–Crippen MR) is 82.0 cm³/mol. The van der Waals surface area contributed by atoms with Crippen LogP contribution in [0.1, 0.15) is 16.7 Å². The van der Waals surface area contributed by atoms with Gasteiger partial charge in [0.15, 0.2) is 0 Å². The van der Waals surface area contributed by atoms with Gasteiger partial charge in [0.2, 0.25) is 0 Å². The summed E-state index contributed by atoms with van der Waals surface area (Å²) in [6, 6.07) is 17.1. The van der Waals surface area contributed by atoms with Gasteiger partial charge in [-0.2, -0.15) is 0 Å². The van der Waals surface area contributed by atoms with Crippen LogP contribution in [0.2, 0.25) is 0 Å². The molecular formula is C18H21NO. The number of rotatable bonds is 4. The van der Waals surface area contributed by atoms with Crippen molar-refractivity contribution in [1.29, 1.82) is 0 Å². The molecule has 0 amide bonds. The zero-order valence-electron chi connectivity index (χ0n) is 11.9. The zero-order chi connectivity index (χ0) is 13.9. The van der Waals surface area contributed by atoms with Crippen LogP contribution < -0.4 is 10.5 Å². The van der Waals surface area contributed by atoms with Gasteiger partial charge in [-0.05, 0) is 54.0 Å². The van der Waals surface area contributed by atoms with E-state index in [9.17, 15) is 0 Å². The van der Waals surface area contributed by atoms with E-state index in [4.69, 9.17) is 10.5 Å². The molecule has 0 fully saturated rings. The Kier molecular flexibility index (Phi) is 3.75. The molecular weight excluding hydrogens is 246 g/mol. The highest BCUT2D eigenvalue weighted by molar-refractivity contribution is 5.33. The number of ether oxygens (including phenoxy) is 1. The Morgan fingerprint density at radius 2 is 1.80 bits per heavy atom. The molecule has 0 spiro atoms. The Hall–Kier alpha value is -1.80. The minimum atomic E-state index is 0.203. The van der Waals surface area contributed by atoms with Crippen molar-refractivity contribution in [3.8, 4) is 5.75 Å². The Morgan fingerprint density at radius 3 is 2.45 bits per heavy atom. The van der Waals surface area contributed by atoms with E-state index in [-0.39, 0.29) is 6.04 Å². The van der Waals surface area contributed by atoms with Gasteiger partial charge < -0.3 is 10.5 Å². The molecule has 0 saturated heterocycles. The van der Waals surface area contributed by atoms with Gasteiger partial charge in [0.25, 0.3) is 0 Å². The summed E-state index contributed by atoms with van der Waals surface area (Å²) in [5.74, 6) is 1.46. The van der Waals surface area contributed by atoms with E-state index in [1.165, 1.54) is 16.7 Å². The van der Waals surface area contributed by atoms with Crippen LogP contribution in [0.3, 0.4) is 0 Å². The standard InChI is InChI=1S/C18H21NO/c1-20-17-8-4-5-13(9-17)10-18(19)16-11-14-6-2-3-7-15(14)12-16/h2-9,16,18H,10-12,19H2,1H3. The Bertz CT molecular complexity index is 568. The van der Waals surface area contributed by atoms with E-state index in [1.54, 1.807) is 7.11 Å². The second-order valence-corrected chi connectivity index (χ2v) is 5.66. The van der Waals surface area contributed by atoms with Gasteiger partial charge in [-0.3, -0.25) is 0 Å². The van der Waals surface area contributed by atoms with Crippen molar-refractivity contribution in [3.05, 3.63) is 65.2 Å². The van der Waals surface area contributed by atoms with Gasteiger partial charge in [0.1, 0.15) is 5.75 Å². The fraction of sp³-hybridized carbons (Fsp3) is 0.333. The normalized spacial score (nSPS) is 15.9. The van der Waals surface area contributed by atoms with Crippen molar-refractivity contribution in [2.45, 2.75) is 25.3 Å². The van der Waals surface area contributed by atoms with Crippen molar-refractivity contribution in [1.82, 2.24) is 0 Å². The van der Waals surface area contributed by atoms with E-state index in [0.29, 0.717) is 5.92 Å². The molecule has 2 heteroatoms. The Labute approximate surface area is 120 Å². The van der Waals surface area contributed by atoms with E-state index in [1.807, 2.05) is 12.1 Å². The van der Waals surface area contributed by atoms with E-state index in [2.05, 4.69) is 36.4 Å². The smallest absolute Gasteiger partial charge is 0.119 e. The third kappa shape index (κ3) is 2.70. The molecule has 104 valence electrons. The fourth-order valence-electron chi connectivity index (χ4n) is 3.13. The summed E-state index contributed by atoms with van der Waals surface area (Å²) in [6.07, 6.45) is 3.14. The molecule has 1 aliphatic carbocycles. The number of benzene rings is 2. The number of fused-ring (bicyclic) bond motifs is 1. The third-order valence-electron chi connectivity index (χ3n) is 4.29. The van der Waals surface area contributed by atoms with Gasteiger partial charge in [-0.1, -0.05) is 36.4 Å². The lowest BCUT2D eigenvalue weighted by atomic mass is 9.92. The Balaban J connectivity index is 1.67. The van der Waals surface area contributed by atoms with Crippen molar-refractivity contribution in [2.75, 3.05) is 7.11 Å². The summed E-state index contributed by atoms with van der Waals surface area (Å²) in [5.41, 5.74) is 10.6. The average molecular weight is 267 g/mol. The maximum atomic E-state index is 6.44. The summed E-state index contributed by atoms with van der Waals surface area (Å²) >= 11 is 0. The summed E-state index contributed by atoms with van der Waals surface area (Å²) in [6.45, 7) is 0. The molecule has 0 radical (unpaired) electrons. The van der Waals surface area contributed by atoms with Gasteiger partial charge in [0.05, 0.1) is 7.11 Å². The molecule has 2 nitrogen and oxygen atoms in total. The molecule has 0 heterocycles. The van der Waals surface area contributed by atoms with Crippen molar-refractivity contribution in [2.24, 2.45) is 11.7 Å². The molecule has 2 aromatic rings. The first kappa shape index (κ1) is 13.2. The highest BCUT2D eigenvalue weighted by Gasteiger charge is 2.26. The van der Waals surface area contributed by atoms with E-state index < -0.39 is 0 Å². The molecule has 0 aromatic heterocycles. The first-order valence-corrected chi connectivity index (χ1v) is 7.21. The van der Waals surface area contributed by atoms with Crippen LogP contribution in [0, 0.1) is 5.92 Å².